The number of carbonyl (C=O) groups excluding carboxylic acids is 1. The number of halogens is 2. The van der Waals surface area contributed by atoms with Crippen LogP contribution in [0, 0.1) is 24.6 Å². The van der Waals surface area contributed by atoms with Crippen molar-refractivity contribution in [3.05, 3.63) is 64.1 Å². The smallest absolute Gasteiger partial charge is 0.169 e. The van der Waals surface area contributed by atoms with Gasteiger partial charge >= 0.3 is 0 Å². The molecule has 0 saturated heterocycles. The minimum Gasteiger partial charge on any atom is -0.511 e. The van der Waals surface area contributed by atoms with E-state index in [0.717, 1.165) is 24.8 Å². The van der Waals surface area contributed by atoms with Gasteiger partial charge in [0.1, 0.15) is 11.6 Å². The third kappa shape index (κ3) is 2.58. The molecule has 1 saturated carbocycles. The third-order valence-electron chi connectivity index (χ3n) is 5.46. The molecule has 0 unspecified atom stereocenters. The van der Waals surface area contributed by atoms with Gasteiger partial charge in [0.2, 0.25) is 0 Å². The van der Waals surface area contributed by atoms with Gasteiger partial charge in [-0.25, -0.2) is 4.39 Å². The van der Waals surface area contributed by atoms with Crippen LogP contribution in [0.1, 0.15) is 30.4 Å². The van der Waals surface area contributed by atoms with Crippen LogP contribution in [0.5, 0.6) is 0 Å². The number of hydrogen-bond donors (Lipinski definition) is 1. The van der Waals surface area contributed by atoms with Gasteiger partial charge in [-0.05, 0) is 55.0 Å². The largest absolute Gasteiger partial charge is 0.511 e. The maximum atomic E-state index is 14.4. The Balaban J connectivity index is 1.88. The summed E-state index contributed by atoms with van der Waals surface area (Å²) in [6.45, 7) is 1.90. The lowest BCUT2D eigenvalue weighted by Gasteiger charge is -2.23. The van der Waals surface area contributed by atoms with Crippen molar-refractivity contribution in [3.8, 4) is 11.1 Å². The highest BCUT2D eigenvalue weighted by Crippen LogP contribution is 2.46. The molecule has 2 nitrogen and oxygen atoms in total. The Hall–Kier alpha value is -2.13. The summed E-state index contributed by atoms with van der Waals surface area (Å²) in [6, 6.07) is 10.3. The van der Waals surface area contributed by atoms with Gasteiger partial charge in [0.15, 0.2) is 5.78 Å². The fourth-order valence-electron chi connectivity index (χ4n) is 4.06. The topological polar surface area (TPSA) is 37.3 Å². The third-order valence-corrected chi connectivity index (χ3v) is 5.75. The predicted molar refractivity (Wildman–Crippen MR) is 97.0 cm³/mol. The van der Waals surface area contributed by atoms with E-state index in [1.165, 1.54) is 6.07 Å². The maximum absolute atomic E-state index is 14.4. The first-order chi connectivity index (χ1) is 12.0. The fraction of sp³-hybridized carbons (Fsp3) is 0.286. The zero-order valence-electron chi connectivity index (χ0n) is 13.9. The Kier molecular flexibility index (Phi) is 3.92. The molecule has 128 valence electrons. The molecule has 1 fully saturated rings. The molecule has 2 aromatic carbocycles. The minimum absolute atomic E-state index is 0.00172. The van der Waals surface area contributed by atoms with E-state index in [2.05, 4.69) is 0 Å². The molecule has 2 aliphatic rings. The Morgan fingerprint density at radius 1 is 1.12 bits per heavy atom. The van der Waals surface area contributed by atoms with Crippen molar-refractivity contribution in [1.29, 1.82) is 0 Å². The van der Waals surface area contributed by atoms with Crippen molar-refractivity contribution in [2.45, 2.75) is 26.2 Å². The van der Waals surface area contributed by atoms with Gasteiger partial charge in [-0.3, -0.25) is 4.79 Å². The molecule has 0 radical (unpaired) electrons. The Bertz CT molecular complexity index is 916. The van der Waals surface area contributed by atoms with Crippen LogP contribution in [-0.4, -0.2) is 10.9 Å². The molecule has 4 rings (SSSR count). The lowest BCUT2D eigenvalue weighted by atomic mass is 9.81. The number of ketones is 1. The molecule has 2 aromatic rings. The van der Waals surface area contributed by atoms with E-state index >= 15 is 0 Å². The lowest BCUT2D eigenvalue weighted by molar-refractivity contribution is -0.117. The van der Waals surface area contributed by atoms with E-state index in [1.54, 1.807) is 18.2 Å². The molecule has 25 heavy (non-hydrogen) atoms. The molecule has 0 aliphatic heterocycles. The van der Waals surface area contributed by atoms with E-state index < -0.39 is 5.82 Å². The van der Waals surface area contributed by atoms with Crippen LogP contribution < -0.4 is 0 Å². The Morgan fingerprint density at radius 2 is 1.88 bits per heavy atom. The Morgan fingerprint density at radius 3 is 2.68 bits per heavy atom. The van der Waals surface area contributed by atoms with Gasteiger partial charge in [-0.15, -0.1) is 0 Å². The van der Waals surface area contributed by atoms with Crippen molar-refractivity contribution in [3.63, 3.8) is 0 Å². The number of rotatable bonds is 2. The molecule has 0 amide bonds. The van der Waals surface area contributed by atoms with E-state index in [0.29, 0.717) is 22.3 Å². The number of hydrogen-bond acceptors (Lipinski definition) is 2. The summed E-state index contributed by atoms with van der Waals surface area (Å²) in [5.41, 5.74) is 3.03. The molecule has 0 spiro atoms. The van der Waals surface area contributed by atoms with Crippen LogP contribution in [0.2, 0.25) is 5.02 Å². The minimum atomic E-state index is -0.479. The molecule has 0 heterocycles. The van der Waals surface area contributed by atoms with Gasteiger partial charge in [0.25, 0.3) is 0 Å². The molecule has 2 aliphatic carbocycles. The number of aliphatic hydroxyl groups excluding tert-OH is 1. The second-order valence-electron chi connectivity index (χ2n) is 6.96. The second-order valence-corrected chi connectivity index (χ2v) is 7.37. The van der Waals surface area contributed by atoms with Gasteiger partial charge in [-0.2, -0.15) is 0 Å². The van der Waals surface area contributed by atoms with Crippen molar-refractivity contribution in [2.75, 3.05) is 0 Å². The molecule has 2 bridgehead atoms. The van der Waals surface area contributed by atoms with E-state index in [1.807, 2.05) is 19.1 Å². The SMILES string of the molecule is Cc1ccc(-c2cccc(Cl)c2F)cc1C1=C(O)[C@H]2CC[C@H](C2)C1=O. The molecule has 1 N–H and O–H groups in total. The molecule has 0 aromatic heterocycles. The molecule has 2 atom stereocenters. The van der Waals surface area contributed by atoms with Crippen molar-refractivity contribution in [2.24, 2.45) is 11.8 Å². The maximum Gasteiger partial charge on any atom is 0.169 e. The van der Waals surface area contributed by atoms with Gasteiger partial charge in [0, 0.05) is 17.4 Å². The number of benzene rings is 2. The summed E-state index contributed by atoms with van der Waals surface area (Å²) in [7, 11) is 0. The highest BCUT2D eigenvalue weighted by atomic mass is 35.5. The zero-order chi connectivity index (χ0) is 17.7. The predicted octanol–water partition coefficient (Wildman–Crippen LogP) is 5.72. The van der Waals surface area contributed by atoms with Gasteiger partial charge < -0.3 is 5.11 Å². The number of allylic oxidation sites excluding steroid dienone is 2. The fourth-order valence-corrected chi connectivity index (χ4v) is 4.23. The number of Topliss-reactive ketones (excluding diaryl/α,β-unsaturated/α-hetero) is 1. The normalized spacial score (nSPS) is 22.6. The number of aryl methyl sites for hydroxylation is 1. The Labute approximate surface area is 150 Å². The molecular formula is C21H18ClFO2. The highest BCUT2D eigenvalue weighted by Gasteiger charge is 2.41. The molecule has 4 heteroatoms. The van der Waals surface area contributed by atoms with E-state index in [4.69, 9.17) is 11.6 Å². The molecular weight excluding hydrogens is 339 g/mol. The average Bonchev–Trinajstić information content (AvgIpc) is 3.05. The first-order valence-corrected chi connectivity index (χ1v) is 8.88. The van der Waals surface area contributed by atoms with E-state index in [9.17, 15) is 14.3 Å². The number of aliphatic hydroxyl groups is 1. The van der Waals surface area contributed by atoms with Crippen LogP contribution >= 0.6 is 11.6 Å². The van der Waals surface area contributed by atoms with Gasteiger partial charge in [-0.1, -0.05) is 35.9 Å². The number of carbonyl (C=O) groups is 1. The summed E-state index contributed by atoms with van der Waals surface area (Å²) in [5, 5.41) is 10.7. The van der Waals surface area contributed by atoms with Gasteiger partial charge in [0.05, 0.1) is 10.6 Å². The lowest BCUT2D eigenvalue weighted by Crippen LogP contribution is -2.21. The van der Waals surface area contributed by atoms with Crippen molar-refractivity contribution in [1.82, 2.24) is 0 Å². The summed E-state index contributed by atoms with van der Waals surface area (Å²) in [4.78, 5) is 12.8. The average molecular weight is 357 g/mol. The first kappa shape index (κ1) is 16.3. The van der Waals surface area contributed by atoms with Crippen LogP contribution in [0.4, 0.5) is 4.39 Å². The summed E-state index contributed by atoms with van der Waals surface area (Å²) in [5.74, 6) is -0.193. The van der Waals surface area contributed by atoms with Crippen LogP contribution in [0.25, 0.3) is 16.7 Å². The summed E-state index contributed by atoms with van der Waals surface area (Å²) in [6.07, 6.45) is 2.43. The monoisotopic (exact) mass is 356 g/mol. The van der Waals surface area contributed by atoms with Crippen molar-refractivity contribution >= 4 is 23.0 Å². The quantitative estimate of drug-likeness (QED) is 0.746. The van der Waals surface area contributed by atoms with Crippen LogP contribution in [0.3, 0.4) is 0 Å². The number of fused-ring (bicyclic) bond motifs is 2. The second kappa shape index (κ2) is 5.99. The standard InChI is InChI=1S/C21H18ClFO2/c1-11-5-6-12(15-3-2-4-17(22)19(15)23)10-16(11)18-20(24)13-7-8-14(9-13)21(18)25/h2-6,10,13-14,24H,7-9H2,1H3/t13-,14+/m0/s1. The highest BCUT2D eigenvalue weighted by molar-refractivity contribution is 6.31. The summed E-state index contributed by atoms with van der Waals surface area (Å²) < 4.78 is 14.4. The first-order valence-electron chi connectivity index (χ1n) is 8.50. The van der Waals surface area contributed by atoms with E-state index in [-0.39, 0.29) is 28.4 Å². The van der Waals surface area contributed by atoms with Crippen LogP contribution in [-0.2, 0) is 4.79 Å². The summed E-state index contributed by atoms with van der Waals surface area (Å²) >= 11 is 5.90. The van der Waals surface area contributed by atoms with Crippen LogP contribution in [0.15, 0.2) is 42.2 Å². The zero-order valence-corrected chi connectivity index (χ0v) is 14.6. The van der Waals surface area contributed by atoms with Crippen molar-refractivity contribution < 1.29 is 14.3 Å².